The molecule has 0 spiro atoms. The Labute approximate surface area is 156 Å². The number of aliphatic hydroxyl groups excluding tert-OH is 2. The van der Waals surface area contributed by atoms with Crippen molar-refractivity contribution in [1.82, 2.24) is 0 Å². The van der Waals surface area contributed by atoms with E-state index in [9.17, 15) is 15.0 Å². The Morgan fingerprint density at radius 1 is 1.28 bits per heavy atom. The lowest BCUT2D eigenvalue weighted by atomic mass is 9.89. The average molecular weight is 371 g/mol. The van der Waals surface area contributed by atoms with E-state index >= 15 is 0 Å². The van der Waals surface area contributed by atoms with E-state index in [-0.39, 0.29) is 23.9 Å². The van der Waals surface area contributed by atoms with Crippen LogP contribution in [0.2, 0.25) is 0 Å². The summed E-state index contributed by atoms with van der Waals surface area (Å²) in [5, 5.41) is 29.2. The van der Waals surface area contributed by atoms with Crippen LogP contribution in [-0.4, -0.2) is 45.0 Å². The van der Waals surface area contributed by atoms with Gasteiger partial charge in [0.25, 0.3) is 0 Å². The summed E-state index contributed by atoms with van der Waals surface area (Å²) >= 11 is 1.51. The van der Waals surface area contributed by atoms with Crippen LogP contribution in [0.5, 0.6) is 0 Å². The van der Waals surface area contributed by atoms with Crippen molar-refractivity contribution >= 4 is 17.7 Å². The SMILES string of the molecule is CCCCCC(O)C=C[C@H]1[C@@H]2CC(CCSCC(=O)O)C[C@H]2C[C@@H]1O. The van der Waals surface area contributed by atoms with Gasteiger partial charge in [0.05, 0.1) is 18.0 Å². The van der Waals surface area contributed by atoms with Crippen molar-refractivity contribution < 1.29 is 20.1 Å². The first-order valence-electron chi connectivity index (χ1n) is 9.85. The van der Waals surface area contributed by atoms with Gasteiger partial charge in [0.1, 0.15) is 0 Å². The highest BCUT2D eigenvalue weighted by Gasteiger charge is 2.46. The summed E-state index contributed by atoms with van der Waals surface area (Å²) in [5.74, 6) is 2.34. The van der Waals surface area contributed by atoms with E-state index in [4.69, 9.17) is 5.11 Å². The van der Waals surface area contributed by atoms with Crippen LogP contribution in [-0.2, 0) is 4.79 Å². The molecule has 0 amide bonds. The van der Waals surface area contributed by atoms with Gasteiger partial charge in [-0.1, -0.05) is 38.3 Å². The summed E-state index contributed by atoms with van der Waals surface area (Å²) in [6, 6.07) is 0. The Bertz CT molecular complexity index is 439. The summed E-state index contributed by atoms with van der Waals surface area (Å²) in [6.45, 7) is 2.16. The molecule has 2 fully saturated rings. The van der Waals surface area contributed by atoms with Crippen LogP contribution in [0.1, 0.15) is 58.3 Å². The summed E-state index contributed by atoms with van der Waals surface area (Å²) in [7, 11) is 0. The highest BCUT2D eigenvalue weighted by atomic mass is 32.2. The van der Waals surface area contributed by atoms with Crippen molar-refractivity contribution in [2.75, 3.05) is 11.5 Å². The number of aliphatic hydroxyl groups is 2. The molecule has 0 saturated heterocycles. The lowest BCUT2D eigenvalue weighted by Gasteiger charge is -2.19. The van der Waals surface area contributed by atoms with Gasteiger partial charge in [-0.3, -0.25) is 4.79 Å². The predicted molar refractivity (Wildman–Crippen MR) is 103 cm³/mol. The van der Waals surface area contributed by atoms with E-state index in [0.717, 1.165) is 50.7 Å². The van der Waals surface area contributed by atoms with Crippen molar-refractivity contribution in [2.24, 2.45) is 23.7 Å². The molecule has 0 radical (unpaired) electrons. The normalized spacial score (nSPS) is 33.0. The molecule has 2 saturated carbocycles. The van der Waals surface area contributed by atoms with Gasteiger partial charge < -0.3 is 15.3 Å². The number of unbranched alkanes of at least 4 members (excludes halogenated alkanes) is 2. The molecule has 2 aliphatic carbocycles. The molecule has 25 heavy (non-hydrogen) atoms. The van der Waals surface area contributed by atoms with Crippen molar-refractivity contribution in [2.45, 2.75) is 70.5 Å². The molecule has 4 nitrogen and oxygen atoms in total. The lowest BCUT2D eigenvalue weighted by Crippen LogP contribution is -2.18. The Kier molecular flexibility index (Phi) is 8.80. The van der Waals surface area contributed by atoms with Gasteiger partial charge in [0, 0.05) is 5.92 Å². The van der Waals surface area contributed by atoms with Crippen LogP contribution >= 0.6 is 11.8 Å². The number of carboxylic acid groups (broad SMARTS) is 1. The molecular formula is C20H34O4S. The maximum absolute atomic E-state index is 10.6. The number of hydrogen-bond acceptors (Lipinski definition) is 4. The maximum atomic E-state index is 10.6. The fraction of sp³-hybridized carbons (Fsp3) is 0.850. The minimum Gasteiger partial charge on any atom is -0.481 e. The molecule has 2 aliphatic rings. The summed E-state index contributed by atoms with van der Waals surface area (Å²) in [4.78, 5) is 10.6. The van der Waals surface area contributed by atoms with E-state index in [2.05, 4.69) is 13.0 Å². The third kappa shape index (κ3) is 6.61. The number of aliphatic carboxylic acids is 1. The van der Waals surface area contributed by atoms with Gasteiger partial charge in [0.15, 0.2) is 0 Å². The number of fused-ring (bicyclic) bond motifs is 1. The lowest BCUT2D eigenvalue weighted by molar-refractivity contribution is -0.133. The number of thioether (sulfide) groups is 1. The Morgan fingerprint density at radius 3 is 2.80 bits per heavy atom. The quantitative estimate of drug-likeness (QED) is 0.382. The fourth-order valence-electron chi connectivity index (χ4n) is 4.64. The van der Waals surface area contributed by atoms with Crippen molar-refractivity contribution in [3.05, 3.63) is 12.2 Å². The minimum absolute atomic E-state index is 0.183. The zero-order chi connectivity index (χ0) is 18.2. The van der Waals surface area contributed by atoms with Crippen LogP contribution < -0.4 is 0 Å². The van der Waals surface area contributed by atoms with Crippen molar-refractivity contribution in [1.29, 1.82) is 0 Å². The van der Waals surface area contributed by atoms with Crippen LogP contribution in [0.25, 0.3) is 0 Å². The third-order valence-electron chi connectivity index (χ3n) is 5.88. The molecule has 0 aromatic carbocycles. The predicted octanol–water partition coefficient (Wildman–Crippen LogP) is 3.71. The molecule has 3 N–H and O–H groups in total. The summed E-state index contributed by atoms with van der Waals surface area (Å²) in [6.07, 6.45) is 11.8. The highest BCUT2D eigenvalue weighted by Crippen LogP contribution is 2.51. The zero-order valence-electron chi connectivity index (χ0n) is 15.3. The second-order valence-electron chi connectivity index (χ2n) is 7.82. The van der Waals surface area contributed by atoms with Crippen LogP contribution in [0.15, 0.2) is 12.2 Å². The first kappa shape index (κ1) is 20.8. The summed E-state index contributed by atoms with van der Waals surface area (Å²) < 4.78 is 0. The molecule has 0 aromatic rings. The molecule has 2 rings (SSSR count). The van der Waals surface area contributed by atoms with Gasteiger partial charge in [-0.25, -0.2) is 0 Å². The minimum atomic E-state index is -0.737. The molecule has 2 unspecified atom stereocenters. The average Bonchev–Trinajstić information content (AvgIpc) is 3.06. The van der Waals surface area contributed by atoms with Gasteiger partial charge in [-0.05, 0) is 55.6 Å². The number of carbonyl (C=O) groups is 1. The Balaban J connectivity index is 1.76. The smallest absolute Gasteiger partial charge is 0.313 e. The number of hydrogen-bond donors (Lipinski definition) is 3. The molecule has 0 heterocycles. The van der Waals surface area contributed by atoms with Crippen molar-refractivity contribution in [3.8, 4) is 0 Å². The number of rotatable bonds is 11. The second-order valence-corrected chi connectivity index (χ2v) is 8.93. The Morgan fingerprint density at radius 2 is 2.08 bits per heavy atom. The maximum Gasteiger partial charge on any atom is 0.313 e. The van der Waals surface area contributed by atoms with E-state index < -0.39 is 5.97 Å². The Hall–Kier alpha value is -0.520. The van der Waals surface area contributed by atoms with Crippen molar-refractivity contribution in [3.63, 3.8) is 0 Å². The van der Waals surface area contributed by atoms with E-state index in [0.29, 0.717) is 17.8 Å². The highest BCUT2D eigenvalue weighted by molar-refractivity contribution is 7.99. The molecular weight excluding hydrogens is 336 g/mol. The monoisotopic (exact) mass is 370 g/mol. The first-order chi connectivity index (χ1) is 12.0. The standard InChI is InChI=1S/C20H34O4S/c1-2-3-4-5-16(21)6-7-17-18-11-14(8-9-25-13-20(23)24)10-15(18)12-19(17)22/h6-7,14-19,21-22H,2-5,8-13H2,1H3,(H,23,24)/t14?,15-,16?,17-,18+,19-/m0/s1. The van der Waals surface area contributed by atoms with E-state index in [1.165, 1.54) is 18.2 Å². The molecule has 6 atom stereocenters. The largest absolute Gasteiger partial charge is 0.481 e. The molecule has 5 heteroatoms. The third-order valence-corrected chi connectivity index (χ3v) is 6.86. The van der Waals surface area contributed by atoms with Gasteiger partial charge in [-0.15, -0.1) is 0 Å². The van der Waals surface area contributed by atoms with Crippen LogP contribution in [0, 0.1) is 23.7 Å². The second kappa shape index (κ2) is 10.6. The molecule has 0 aliphatic heterocycles. The summed E-state index contributed by atoms with van der Waals surface area (Å²) in [5.41, 5.74) is 0. The van der Waals surface area contributed by atoms with E-state index in [1.807, 2.05) is 6.08 Å². The van der Waals surface area contributed by atoms with Crippen LogP contribution in [0.3, 0.4) is 0 Å². The van der Waals surface area contributed by atoms with Gasteiger partial charge in [-0.2, -0.15) is 11.8 Å². The molecule has 0 aromatic heterocycles. The zero-order valence-corrected chi connectivity index (χ0v) is 16.2. The fourth-order valence-corrected chi connectivity index (χ4v) is 5.46. The van der Waals surface area contributed by atoms with Gasteiger partial charge >= 0.3 is 5.97 Å². The van der Waals surface area contributed by atoms with Crippen LogP contribution in [0.4, 0.5) is 0 Å². The molecule has 0 bridgehead atoms. The topological polar surface area (TPSA) is 77.8 Å². The van der Waals surface area contributed by atoms with E-state index in [1.54, 1.807) is 0 Å². The number of carboxylic acids is 1. The van der Waals surface area contributed by atoms with Gasteiger partial charge in [0.2, 0.25) is 0 Å². The molecule has 144 valence electrons. The first-order valence-corrected chi connectivity index (χ1v) is 11.0.